The van der Waals surface area contributed by atoms with Crippen molar-refractivity contribution in [1.29, 1.82) is 0 Å². The van der Waals surface area contributed by atoms with Gasteiger partial charge in [0.15, 0.2) is 0 Å². The molecule has 1 heterocycles. The molecule has 1 aliphatic rings. The molecule has 0 radical (unpaired) electrons. The Labute approximate surface area is 125 Å². The minimum Gasteiger partial charge on any atom is -0.355 e. The van der Waals surface area contributed by atoms with Crippen molar-refractivity contribution in [2.24, 2.45) is 11.8 Å². The Hall–Kier alpha value is -1.88. The molecule has 1 saturated heterocycles. The SMILES string of the molecule is CNC(=O)c1ccc(CN(C)C(=O)C(C)C2CNC2)cc1. The minimum atomic E-state index is -0.0999. The van der Waals surface area contributed by atoms with E-state index in [1.54, 1.807) is 24.1 Å². The van der Waals surface area contributed by atoms with Crippen LogP contribution in [-0.4, -0.2) is 43.9 Å². The van der Waals surface area contributed by atoms with Crippen LogP contribution in [-0.2, 0) is 11.3 Å². The van der Waals surface area contributed by atoms with Crippen molar-refractivity contribution in [2.75, 3.05) is 27.2 Å². The second kappa shape index (κ2) is 6.72. The highest BCUT2D eigenvalue weighted by atomic mass is 16.2. The zero-order chi connectivity index (χ0) is 15.4. The van der Waals surface area contributed by atoms with Crippen molar-refractivity contribution in [1.82, 2.24) is 15.5 Å². The summed E-state index contributed by atoms with van der Waals surface area (Å²) in [5.74, 6) is 0.589. The first-order valence-electron chi connectivity index (χ1n) is 7.29. The molecule has 0 aliphatic carbocycles. The van der Waals surface area contributed by atoms with E-state index in [-0.39, 0.29) is 17.7 Å². The number of benzene rings is 1. The molecule has 0 spiro atoms. The Kier molecular flexibility index (Phi) is 4.96. The van der Waals surface area contributed by atoms with Gasteiger partial charge in [-0.05, 0) is 36.7 Å². The maximum absolute atomic E-state index is 12.3. The fraction of sp³-hybridized carbons (Fsp3) is 0.500. The van der Waals surface area contributed by atoms with Gasteiger partial charge in [0.05, 0.1) is 0 Å². The van der Waals surface area contributed by atoms with Crippen molar-refractivity contribution in [3.63, 3.8) is 0 Å². The lowest BCUT2D eigenvalue weighted by Crippen LogP contribution is -2.49. The monoisotopic (exact) mass is 289 g/mol. The fourth-order valence-electron chi connectivity index (χ4n) is 2.47. The van der Waals surface area contributed by atoms with Gasteiger partial charge in [-0.1, -0.05) is 19.1 Å². The largest absolute Gasteiger partial charge is 0.355 e. The van der Waals surface area contributed by atoms with E-state index in [0.717, 1.165) is 18.7 Å². The Morgan fingerprint density at radius 2 is 1.95 bits per heavy atom. The summed E-state index contributed by atoms with van der Waals surface area (Å²) in [4.78, 5) is 25.6. The number of amides is 2. The molecule has 114 valence electrons. The van der Waals surface area contributed by atoms with Gasteiger partial charge in [0.2, 0.25) is 5.91 Å². The van der Waals surface area contributed by atoms with E-state index in [1.165, 1.54) is 0 Å². The lowest BCUT2D eigenvalue weighted by atomic mass is 9.88. The lowest BCUT2D eigenvalue weighted by molar-refractivity contribution is -0.136. The highest BCUT2D eigenvalue weighted by molar-refractivity contribution is 5.93. The molecule has 5 nitrogen and oxygen atoms in total. The predicted molar refractivity (Wildman–Crippen MR) is 81.8 cm³/mol. The van der Waals surface area contributed by atoms with E-state index in [1.807, 2.05) is 26.1 Å². The van der Waals surface area contributed by atoms with Crippen molar-refractivity contribution < 1.29 is 9.59 Å². The van der Waals surface area contributed by atoms with Gasteiger partial charge >= 0.3 is 0 Å². The molecule has 1 fully saturated rings. The summed E-state index contributed by atoms with van der Waals surface area (Å²) in [5.41, 5.74) is 1.65. The number of carbonyl (C=O) groups is 2. The standard InChI is InChI=1S/C16H23N3O2/c1-11(14-8-18-9-14)16(21)19(3)10-12-4-6-13(7-5-12)15(20)17-2/h4-7,11,14,18H,8-10H2,1-3H3,(H,17,20). The summed E-state index contributed by atoms with van der Waals surface area (Å²) in [6.45, 7) is 4.43. The molecule has 1 unspecified atom stereocenters. The molecular weight excluding hydrogens is 266 g/mol. The predicted octanol–water partition coefficient (Wildman–Crippen LogP) is 0.860. The van der Waals surface area contributed by atoms with Crippen molar-refractivity contribution >= 4 is 11.8 Å². The first kappa shape index (κ1) is 15.5. The Morgan fingerprint density at radius 3 is 2.43 bits per heavy atom. The molecule has 0 bridgehead atoms. The molecule has 1 aliphatic heterocycles. The van der Waals surface area contributed by atoms with E-state index in [4.69, 9.17) is 0 Å². The van der Waals surface area contributed by atoms with Gasteiger partial charge in [0, 0.05) is 32.1 Å². The molecule has 1 atom stereocenters. The van der Waals surface area contributed by atoms with Gasteiger partial charge < -0.3 is 15.5 Å². The quantitative estimate of drug-likeness (QED) is 0.845. The van der Waals surface area contributed by atoms with E-state index in [0.29, 0.717) is 18.0 Å². The number of rotatable bonds is 5. The third-order valence-electron chi connectivity index (χ3n) is 4.15. The van der Waals surface area contributed by atoms with E-state index < -0.39 is 0 Å². The summed E-state index contributed by atoms with van der Waals surface area (Å²) in [6.07, 6.45) is 0. The Morgan fingerprint density at radius 1 is 1.33 bits per heavy atom. The lowest BCUT2D eigenvalue weighted by Gasteiger charge is -2.34. The fourth-order valence-corrected chi connectivity index (χ4v) is 2.47. The molecule has 21 heavy (non-hydrogen) atoms. The summed E-state index contributed by atoms with van der Waals surface area (Å²) in [5, 5.41) is 5.79. The van der Waals surface area contributed by atoms with Crippen LogP contribution in [0.2, 0.25) is 0 Å². The van der Waals surface area contributed by atoms with Crippen LogP contribution < -0.4 is 10.6 Å². The summed E-state index contributed by atoms with van der Waals surface area (Å²) >= 11 is 0. The second-order valence-electron chi connectivity index (χ2n) is 5.68. The average molecular weight is 289 g/mol. The normalized spacial score (nSPS) is 16.0. The number of nitrogens with zero attached hydrogens (tertiary/aromatic N) is 1. The van der Waals surface area contributed by atoms with Gasteiger partial charge in [0.1, 0.15) is 0 Å². The van der Waals surface area contributed by atoms with Gasteiger partial charge in [0.25, 0.3) is 5.91 Å². The molecule has 0 saturated carbocycles. The van der Waals surface area contributed by atoms with Crippen LogP contribution >= 0.6 is 0 Å². The second-order valence-corrected chi connectivity index (χ2v) is 5.68. The summed E-state index contributed by atoms with van der Waals surface area (Å²) in [6, 6.07) is 7.35. The molecule has 2 amide bonds. The Bertz CT molecular complexity index is 509. The van der Waals surface area contributed by atoms with Crippen molar-refractivity contribution in [2.45, 2.75) is 13.5 Å². The van der Waals surface area contributed by atoms with Gasteiger partial charge in [-0.25, -0.2) is 0 Å². The Balaban J connectivity index is 1.93. The van der Waals surface area contributed by atoms with Crippen LogP contribution in [0.1, 0.15) is 22.8 Å². The van der Waals surface area contributed by atoms with Crippen LogP contribution in [0.3, 0.4) is 0 Å². The summed E-state index contributed by atoms with van der Waals surface area (Å²) in [7, 11) is 3.44. The van der Waals surface area contributed by atoms with Crippen LogP contribution in [0.4, 0.5) is 0 Å². The maximum atomic E-state index is 12.3. The first-order valence-corrected chi connectivity index (χ1v) is 7.29. The van der Waals surface area contributed by atoms with Crippen molar-refractivity contribution in [3.05, 3.63) is 35.4 Å². The van der Waals surface area contributed by atoms with Crippen LogP contribution in [0.25, 0.3) is 0 Å². The van der Waals surface area contributed by atoms with Gasteiger partial charge in [-0.3, -0.25) is 9.59 Å². The zero-order valence-electron chi connectivity index (χ0n) is 12.8. The molecule has 1 aromatic rings. The first-order chi connectivity index (χ1) is 10.0. The van der Waals surface area contributed by atoms with Crippen LogP contribution in [0.15, 0.2) is 24.3 Å². The van der Waals surface area contributed by atoms with E-state index >= 15 is 0 Å². The molecule has 5 heteroatoms. The average Bonchev–Trinajstić information content (AvgIpc) is 2.44. The molecule has 2 N–H and O–H groups in total. The highest BCUT2D eigenvalue weighted by Gasteiger charge is 2.30. The zero-order valence-corrected chi connectivity index (χ0v) is 12.8. The smallest absolute Gasteiger partial charge is 0.251 e. The number of nitrogens with one attached hydrogen (secondary N) is 2. The molecule has 0 aromatic heterocycles. The summed E-state index contributed by atoms with van der Waals surface area (Å²) < 4.78 is 0. The van der Waals surface area contributed by atoms with Crippen molar-refractivity contribution in [3.8, 4) is 0 Å². The van der Waals surface area contributed by atoms with E-state index in [2.05, 4.69) is 10.6 Å². The molecule has 1 aromatic carbocycles. The van der Waals surface area contributed by atoms with Gasteiger partial charge in [-0.2, -0.15) is 0 Å². The third-order valence-corrected chi connectivity index (χ3v) is 4.15. The van der Waals surface area contributed by atoms with Gasteiger partial charge in [-0.15, -0.1) is 0 Å². The number of hydrogen-bond acceptors (Lipinski definition) is 3. The topological polar surface area (TPSA) is 61.4 Å². The van der Waals surface area contributed by atoms with Crippen LogP contribution in [0, 0.1) is 11.8 Å². The highest BCUT2D eigenvalue weighted by Crippen LogP contribution is 2.19. The van der Waals surface area contributed by atoms with E-state index in [9.17, 15) is 9.59 Å². The maximum Gasteiger partial charge on any atom is 0.251 e. The molecule has 2 rings (SSSR count). The third kappa shape index (κ3) is 3.61. The number of carbonyl (C=O) groups excluding carboxylic acids is 2. The minimum absolute atomic E-state index is 0.0568. The molecular formula is C16H23N3O2. The number of hydrogen-bond donors (Lipinski definition) is 2. The van der Waals surface area contributed by atoms with Crippen LogP contribution in [0.5, 0.6) is 0 Å².